The highest BCUT2D eigenvalue weighted by Gasteiger charge is 2.55. The largest absolute Gasteiger partial charge is 0.394 e. The van der Waals surface area contributed by atoms with Gasteiger partial charge in [-0.3, -0.25) is 9.59 Å². The maximum atomic E-state index is 12.5. The van der Waals surface area contributed by atoms with Crippen LogP contribution >= 0.6 is 0 Å². The van der Waals surface area contributed by atoms with Gasteiger partial charge in [0.25, 0.3) is 0 Å². The minimum atomic E-state index is -2.21. The van der Waals surface area contributed by atoms with Crippen LogP contribution in [0.5, 0.6) is 0 Å². The van der Waals surface area contributed by atoms with Gasteiger partial charge in [0.2, 0.25) is 11.8 Å². The summed E-state index contributed by atoms with van der Waals surface area (Å²) in [6, 6.07) is -3.13. The van der Waals surface area contributed by atoms with E-state index >= 15 is 0 Å². The number of carbonyl (C=O) groups excluding carboxylic acids is 2. The lowest BCUT2D eigenvalue weighted by Crippen LogP contribution is -2.68. The Balaban J connectivity index is 1.68. The highest BCUT2D eigenvalue weighted by molar-refractivity contribution is 5.73. The fourth-order valence-electron chi connectivity index (χ4n) is 7.27. The average molecular weight is 897 g/mol. The zero-order valence-electron chi connectivity index (χ0n) is 33.2. The third-order valence-electron chi connectivity index (χ3n) is 10.7. The van der Waals surface area contributed by atoms with Crippen molar-refractivity contribution in [1.82, 2.24) is 10.6 Å². The fourth-order valence-corrected chi connectivity index (χ4v) is 7.27. The van der Waals surface area contributed by atoms with Gasteiger partial charge in [0.15, 0.2) is 25.2 Å². The van der Waals surface area contributed by atoms with E-state index in [0.29, 0.717) is 0 Å². The fraction of sp³-hybridized carbons (Fsp3) is 0.941. The minimum Gasteiger partial charge on any atom is -0.394 e. The molecule has 17 N–H and O–H groups in total. The van der Waals surface area contributed by atoms with Gasteiger partial charge in [-0.15, -0.1) is 0 Å². The second-order valence-corrected chi connectivity index (χ2v) is 15.2. The molecule has 61 heavy (non-hydrogen) atoms. The van der Waals surface area contributed by atoms with E-state index in [1.165, 1.54) is 6.92 Å². The normalized spacial score (nSPS) is 44.1. The maximum absolute atomic E-state index is 12.5. The van der Waals surface area contributed by atoms with Crippen LogP contribution in [0.2, 0.25) is 0 Å². The molecule has 0 radical (unpaired) electrons. The Morgan fingerprint density at radius 3 is 1.67 bits per heavy atom. The van der Waals surface area contributed by atoms with Gasteiger partial charge in [-0.2, -0.15) is 0 Å². The first-order valence-electron chi connectivity index (χ1n) is 19.4. The van der Waals surface area contributed by atoms with Crippen molar-refractivity contribution in [3.05, 3.63) is 0 Å². The molecule has 2 amide bonds. The minimum absolute atomic E-state index is 0.759. The molecule has 27 heteroatoms. The SMILES string of the molecule is CC(=O)N[C@H]1[C@H](OC[C@H]2O[C@@H](O[C@@H]([C@@H](O)[C@H](O)CO)[C@H](CO)NC(C)=O)[C@H](O)[C@@H](O[C@@H]3O[C@H](CO)[C@H](O)[C@H](O)[C@H]3O)[C@H]2O)O[C@H](CO)[C@@H](O)[C@@H]1O[C@@H]1O[C@@H](C)[C@@H](O)[C@@H](O)[C@@H]1O. The summed E-state index contributed by atoms with van der Waals surface area (Å²) < 4.78 is 45.7. The first-order valence-corrected chi connectivity index (χ1v) is 19.4. The molecule has 0 bridgehead atoms. The molecule has 4 heterocycles. The Labute approximate surface area is 347 Å². The van der Waals surface area contributed by atoms with Gasteiger partial charge in [0, 0.05) is 13.8 Å². The van der Waals surface area contributed by atoms with E-state index in [2.05, 4.69) is 10.6 Å². The molecule has 0 aromatic carbocycles. The van der Waals surface area contributed by atoms with Crippen molar-refractivity contribution in [2.24, 2.45) is 0 Å². The molecule has 0 aromatic rings. The van der Waals surface area contributed by atoms with Crippen molar-refractivity contribution >= 4 is 11.8 Å². The van der Waals surface area contributed by atoms with Crippen LogP contribution in [-0.4, -0.2) is 269 Å². The molecule has 4 fully saturated rings. The first kappa shape index (κ1) is 51.7. The molecule has 24 atom stereocenters. The molecule has 4 saturated heterocycles. The summed E-state index contributed by atoms with van der Waals surface area (Å²) in [5.74, 6) is -1.53. The summed E-state index contributed by atoms with van der Waals surface area (Å²) in [4.78, 5) is 24.4. The number of carbonyl (C=O) groups is 2. The highest BCUT2D eigenvalue weighted by atomic mass is 16.8. The van der Waals surface area contributed by atoms with E-state index < -0.39 is 192 Å². The Kier molecular flexibility index (Phi) is 19.3. The third kappa shape index (κ3) is 12.0. The molecule has 0 saturated carbocycles. The van der Waals surface area contributed by atoms with Gasteiger partial charge >= 0.3 is 0 Å². The van der Waals surface area contributed by atoms with Gasteiger partial charge < -0.3 is 125 Å². The average Bonchev–Trinajstić information content (AvgIpc) is 3.22. The van der Waals surface area contributed by atoms with Crippen LogP contribution in [0.15, 0.2) is 0 Å². The van der Waals surface area contributed by atoms with Crippen LogP contribution in [0.25, 0.3) is 0 Å². The van der Waals surface area contributed by atoms with Crippen molar-refractivity contribution in [3.63, 3.8) is 0 Å². The van der Waals surface area contributed by atoms with Crippen molar-refractivity contribution in [2.75, 3.05) is 33.0 Å². The molecule has 4 rings (SSSR count). The smallest absolute Gasteiger partial charge is 0.217 e. The lowest BCUT2D eigenvalue weighted by atomic mass is 9.95. The highest BCUT2D eigenvalue weighted by Crippen LogP contribution is 2.34. The van der Waals surface area contributed by atoms with Crippen molar-refractivity contribution < 1.29 is 124 Å². The molecule has 4 aliphatic heterocycles. The molecule has 0 unspecified atom stereocenters. The van der Waals surface area contributed by atoms with Crippen LogP contribution in [0.4, 0.5) is 0 Å². The van der Waals surface area contributed by atoms with Crippen LogP contribution in [0.1, 0.15) is 20.8 Å². The predicted molar refractivity (Wildman–Crippen MR) is 191 cm³/mol. The summed E-state index contributed by atoms with van der Waals surface area (Å²) in [5, 5.41) is 162. The number of hydrogen-bond acceptors (Lipinski definition) is 25. The summed E-state index contributed by atoms with van der Waals surface area (Å²) in [7, 11) is 0. The van der Waals surface area contributed by atoms with Crippen LogP contribution in [-0.2, 0) is 47.5 Å². The number of ether oxygens (including phenoxy) is 8. The molecule has 0 spiro atoms. The number of rotatable bonds is 18. The number of hydrogen-bond donors (Lipinski definition) is 17. The van der Waals surface area contributed by atoms with Crippen molar-refractivity contribution in [2.45, 2.75) is 168 Å². The summed E-state index contributed by atoms with van der Waals surface area (Å²) >= 11 is 0. The van der Waals surface area contributed by atoms with Crippen LogP contribution in [0.3, 0.4) is 0 Å². The third-order valence-corrected chi connectivity index (χ3v) is 10.7. The van der Waals surface area contributed by atoms with E-state index in [4.69, 9.17) is 37.9 Å². The zero-order valence-corrected chi connectivity index (χ0v) is 33.2. The molecule has 0 aromatic heterocycles. The van der Waals surface area contributed by atoms with Gasteiger partial charge in [-0.25, -0.2) is 0 Å². The lowest BCUT2D eigenvalue weighted by molar-refractivity contribution is -0.373. The maximum Gasteiger partial charge on any atom is 0.217 e. The number of aliphatic hydroxyl groups is 15. The van der Waals surface area contributed by atoms with Gasteiger partial charge in [-0.1, -0.05) is 0 Å². The van der Waals surface area contributed by atoms with Gasteiger partial charge in [0.05, 0.1) is 45.2 Å². The molecule has 4 aliphatic rings. The molecule has 356 valence electrons. The van der Waals surface area contributed by atoms with E-state index in [1.807, 2.05) is 0 Å². The Hall–Kier alpha value is -1.98. The standard InChI is InChI=1S/C34H60N2O25/c1-9-18(44)23(49)25(51)32(55-9)60-29-17(36-11(3)42)31(56-15(7-40)21(29)47)54-8-16-22(48)30(61-33-26(52)24(50)20(46)14(6-39)57-33)27(53)34(58-16)59-28(19(45)13(43)5-38)12(4-37)35-10(2)41/h9,12-34,37-40,43-53H,4-8H2,1-3H3,(H,35,41)(H,36,42)/t9-,12-,13+,14+,15+,16+,17+,18+,19-,20-,21+,22-,23+,24-,25-,26+,27+,28+,29+,30-,31+,32-,33-,34-/m0/s1. The van der Waals surface area contributed by atoms with Gasteiger partial charge in [0.1, 0.15) is 110 Å². The molecular formula is C34H60N2O25. The quantitative estimate of drug-likeness (QED) is 0.0607. The van der Waals surface area contributed by atoms with Gasteiger partial charge in [-0.05, 0) is 6.92 Å². The van der Waals surface area contributed by atoms with Crippen molar-refractivity contribution in [3.8, 4) is 0 Å². The molecule has 27 nitrogen and oxygen atoms in total. The Morgan fingerprint density at radius 2 is 1.11 bits per heavy atom. The summed E-state index contributed by atoms with van der Waals surface area (Å²) in [6.07, 6.45) is -40.5. The van der Waals surface area contributed by atoms with E-state index in [0.717, 1.165) is 13.8 Å². The van der Waals surface area contributed by atoms with E-state index in [1.54, 1.807) is 0 Å². The lowest BCUT2D eigenvalue weighted by Gasteiger charge is -2.48. The van der Waals surface area contributed by atoms with Crippen molar-refractivity contribution in [1.29, 1.82) is 0 Å². The number of amides is 2. The molecule has 0 aliphatic carbocycles. The Morgan fingerprint density at radius 1 is 0.590 bits per heavy atom. The second kappa shape index (κ2) is 22.8. The zero-order chi connectivity index (χ0) is 45.6. The molecular weight excluding hydrogens is 836 g/mol. The van der Waals surface area contributed by atoms with Crippen LogP contribution < -0.4 is 10.6 Å². The predicted octanol–water partition coefficient (Wildman–Crippen LogP) is -11.0. The Bertz CT molecular complexity index is 1370. The summed E-state index contributed by atoms with van der Waals surface area (Å²) in [5.41, 5.74) is 0. The number of aliphatic hydroxyl groups excluding tert-OH is 15. The number of nitrogens with one attached hydrogen (secondary N) is 2. The first-order chi connectivity index (χ1) is 28.7. The van der Waals surface area contributed by atoms with E-state index in [9.17, 15) is 86.2 Å². The van der Waals surface area contributed by atoms with Crippen LogP contribution in [0, 0.1) is 0 Å². The monoisotopic (exact) mass is 896 g/mol. The second-order valence-electron chi connectivity index (χ2n) is 15.2. The summed E-state index contributed by atoms with van der Waals surface area (Å²) in [6.45, 7) is -1.27. The van der Waals surface area contributed by atoms with E-state index in [-0.39, 0.29) is 0 Å². The topological polar surface area (TPSA) is 435 Å².